The van der Waals surface area contributed by atoms with E-state index in [1.54, 1.807) is 0 Å². The Hall–Kier alpha value is -4.80. The number of fused-ring (bicyclic) bond motifs is 9. The average molecular weight is 735 g/mol. The van der Waals surface area contributed by atoms with Gasteiger partial charge >= 0.3 is 0 Å². The largest absolute Gasteiger partial charge is 0.311 e. The van der Waals surface area contributed by atoms with Crippen molar-refractivity contribution in [2.45, 2.75) is 98.3 Å². The lowest BCUT2D eigenvalue weighted by Crippen LogP contribution is -2.62. The van der Waals surface area contributed by atoms with Gasteiger partial charge in [-0.15, -0.1) is 11.3 Å². The molecule has 2 aliphatic heterocycles. The van der Waals surface area contributed by atoms with E-state index in [0.717, 1.165) is 0 Å². The fourth-order valence-corrected chi connectivity index (χ4v) is 11.4. The summed E-state index contributed by atoms with van der Waals surface area (Å²) in [6.07, 6.45) is 2.38. The molecule has 1 aromatic heterocycles. The summed E-state index contributed by atoms with van der Waals surface area (Å²) in [5, 5.41) is 2.68. The van der Waals surface area contributed by atoms with E-state index in [0.29, 0.717) is 0 Å². The molecule has 0 amide bonds. The maximum Gasteiger partial charge on any atom is 0.252 e. The normalized spacial score (nSPS) is 16.6. The molecule has 0 spiro atoms. The molecule has 274 valence electrons. The zero-order chi connectivity index (χ0) is 38.3. The van der Waals surface area contributed by atoms with Gasteiger partial charge in [-0.05, 0) is 136 Å². The van der Waals surface area contributed by atoms with Crippen LogP contribution in [-0.2, 0) is 16.2 Å². The molecule has 0 N–H and O–H groups in total. The first kappa shape index (κ1) is 34.7. The van der Waals surface area contributed by atoms with Gasteiger partial charge in [0.25, 0.3) is 6.71 Å². The minimum atomic E-state index is 0.0705. The fraction of sp³-hybridized carbons (Fsp3) is 0.294. The number of aryl methyl sites for hydroxylation is 3. The number of benzene rings is 6. The monoisotopic (exact) mass is 734 g/mol. The molecular weight excluding hydrogens is 683 g/mol. The van der Waals surface area contributed by atoms with E-state index in [-0.39, 0.29) is 23.0 Å². The summed E-state index contributed by atoms with van der Waals surface area (Å²) in [4.78, 5) is 5.28. The Labute approximate surface area is 331 Å². The highest BCUT2D eigenvalue weighted by Crippen LogP contribution is 2.52. The van der Waals surface area contributed by atoms with Crippen LogP contribution in [0.5, 0.6) is 0 Å². The van der Waals surface area contributed by atoms with E-state index in [4.69, 9.17) is 0 Å². The van der Waals surface area contributed by atoms with Crippen molar-refractivity contribution in [3.8, 4) is 0 Å². The number of nitrogens with zero attached hydrogens (tertiary/aromatic N) is 2. The number of para-hydroxylation sites is 1. The van der Waals surface area contributed by atoms with Gasteiger partial charge in [0, 0.05) is 43.9 Å². The third-order valence-corrected chi connectivity index (χ3v) is 14.5. The lowest BCUT2D eigenvalue weighted by molar-refractivity contribution is 0.332. The van der Waals surface area contributed by atoms with Crippen molar-refractivity contribution in [2.24, 2.45) is 0 Å². The molecule has 10 rings (SSSR count). The summed E-state index contributed by atoms with van der Waals surface area (Å²) < 4.78 is 2.71. The zero-order valence-corrected chi connectivity index (χ0v) is 34.9. The van der Waals surface area contributed by atoms with Crippen LogP contribution < -0.4 is 26.2 Å². The summed E-state index contributed by atoms with van der Waals surface area (Å²) in [6, 6.07) is 40.3. The molecule has 6 aromatic carbocycles. The minimum absolute atomic E-state index is 0.0705. The van der Waals surface area contributed by atoms with E-state index in [1.807, 2.05) is 11.3 Å². The standard InChI is InChI=1S/C51H51BN2S/c1-30-25-43-46-44(26-30)54(40-17-13-11-15-31(40)2)47-38(21-20-35-34-16-12-14-18-45(34)55-48(35)47)52(46)39-28-36-37(51(9,10)24-23-50(36,7)8)29-42(39)53(43)41-22-19-33(27-32(41)3)49(4,5)6/h11-22,25-29H,23-24H2,1-10H3. The summed E-state index contributed by atoms with van der Waals surface area (Å²) >= 11 is 1.95. The predicted molar refractivity (Wildman–Crippen MR) is 242 cm³/mol. The van der Waals surface area contributed by atoms with Gasteiger partial charge in [-0.3, -0.25) is 0 Å². The molecule has 2 nitrogen and oxygen atoms in total. The van der Waals surface area contributed by atoms with Crippen LogP contribution in [0.2, 0.25) is 0 Å². The van der Waals surface area contributed by atoms with E-state index < -0.39 is 0 Å². The van der Waals surface area contributed by atoms with Crippen LogP contribution in [0, 0.1) is 20.8 Å². The molecule has 3 aliphatic rings. The lowest BCUT2D eigenvalue weighted by Gasteiger charge is -2.48. The van der Waals surface area contributed by atoms with Crippen molar-refractivity contribution in [3.63, 3.8) is 0 Å². The molecule has 0 unspecified atom stereocenters. The van der Waals surface area contributed by atoms with Gasteiger partial charge < -0.3 is 9.80 Å². The second-order valence-corrected chi connectivity index (χ2v) is 20.1. The summed E-state index contributed by atoms with van der Waals surface area (Å²) in [6.45, 7) is 23.8. The number of rotatable bonds is 2. The van der Waals surface area contributed by atoms with E-state index in [1.165, 1.54) is 117 Å². The Morgan fingerprint density at radius 2 is 1.24 bits per heavy atom. The third-order valence-electron chi connectivity index (χ3n) is 13.3. The van der Waals surface area contributed by atoms with Crippen LogP contribution in [-0.4, -0.2) is 6.71 Å². The first-order valence-electron chi connectivity index (χ1n) is 20.2. The first-order valence-corrected chi connectivity index (χ1v) is 21.0. The number of hydrogen-bond donors (Lipinski definition) is 0. The van der Waals surface area contributed by atoms with Gasteiger partial charge in [-0.25, -0.2) is 0 Å². The molecule has 4 heteroatoms. The molecule has 0 atom stereocenters. The zero-order valence-electron chi connectivity index (χ0n) is 34.1. The van der Waals surface area contributed by atoms with Crippen molar-refractivity contribution < 1.29 is 0 Å². The first-order chi connectivity index (χ1) is 26.1. The Morgan fingerprint density at radius 1 is 0.582 bits per heavy atom. The number of anilines is 6. The summed E-state index contributed by atoms with van der Waals surface area (Å²) in [5.74, 6) is 0. The topological polar surface area (TPSA) is 6.48 Å². The molecule has 0 fully saturated rings. The molecule has 0 radical (unpaired) electrons. The molecular formula is C51H51BN2S. The SMILES string of the molecule is Cc1cc2c3c(c1)N(c1ccccc1C)c1c(ccc4c1sc1ccccc14)B3c1cc3c(cc1N2c1ccc(C(C)(C)C)cc1C)C(C)(C)CCC3(C)C. The van der Waals surface area contributed by atoms with Crippen molar-refractivity contribution in [1.82, 2.24) is 0 Å². The molecule has 7 aromatic rings. The Kier molecular flexibility index (Phi) is 7.33. The van der Waals surface area contributed by atoms with Crippen LogP contribution >= 0.6 is 11.3 Å². The van der Waals surface area contributed by atoms with E-state index >= 15 is 0 Å². The maximum absolute atomic E-state index is 2.66. The fourth-order valence-electron chi connectivity index (χ4n) is 10.1. The second kappa shape index (κ2) is 11.6. The highest BCUT2D eigenvalue weighted by Gasteiger charge is 2.47. The highest BCUT2D eigenvalue weighted by molar-refractivity contribution is 7.26. The molecule has 55 heavy (non-hydrogen) atoms. The highest BCUT2D eigenvalue weighted by atomic mass is 32.1. The summed E-state index contributed by atoms with van der Waals surface area (Å²) in [5.41, 5.74) is 20.5. The van der Waals surface area contributed by atoms with Crippen LogP contribution in [0.3, 0.4) is 0 Å². The Morgan fingerprint density at radius 3 is 1.95 bits per heavy atom. The van der Waals surface area contributed by atoms with Crippen molar-refractivity contribution >= 4 is 88.7 Å². The quantitative estimate of drug-likeness (QED) is 0.163. The predicted octanol–water partition coefficient (Wildman–Crippen LogP) is 12.7. The second-order valence-electron chi connectivity index (χ2n) is 19.1. The van der Waals surface area contributed by atoms with Gasteiger partial charge in [0.2, 0.25) is 0 Å². The summed E-state index contributed by atoms with van der Waals surface area (Å²) in [7, 11) is 0. The molecule has 0 bridgehead atoms. The van der Waals surface area contributed by atoms with Crippen LogP contribution in [0.15, 0.2) is 103 Å². The van der Waals surface area contributed by atoms with E-state index in [9.17, 15) is 0 Å². The smallest absolute Gasteiger partial charge is 0.252 e. The molecule has 0 saturated heterocycles. The maximum atomic E-state index is 2.66. The van der Waals surface area contributed by atoms with Gasteiger partial charge in [-0.2, -0.15) is 0 Å². The van der Waals surface area contributed by atoms with Gasteiger partial charge in [0.1, 0.15) is 0 Å². The van der Waals surface area contributed by atoms with Crippen LogP contribution in [0.1, 0.15) is 94.7 Å². The number of thiophene rings is 1. The van der Waals surface area contributed by atoms with Crippen molar-refractivity contribution in [3.05, 3.63) is 137 Å². The van der Waals surface area contributed by atoms with E-state index in [2.05, 4.69) is 182 Å². The third kappa shape index (κ3) is 4.99. The van der Waals surface area contributed by atoms with Crippen LogP contribution in [0.4, 0.5) is 34.1 Å². The van der Waals surface area contributed by atoms with Crippen LogP contribution in [0.25, 0.3) is 20.2 Å². The Balaban J connectivity index is 1.37. The lowest BCUT2D eigenvalue weighted by atomic mass is 9.33. The van der Waals surface area contributed by atoms with Crippen molar-refractivity contribution in [2.75, 3.05) is 9.80 Å². The number of hydrogen-bond acceptors (Lipinski definition) is 3. The van der Waals surface area contributed by atoms with Gasteiger partial charge in [-0.1, -0.05) is 115 Å². The van der Waals surface area contributed by atoms with Gasteiger partial charge in [0.15, 0.2) is 0 Å². The van der Waals surface area contributed by atoms with Gasteiger partial charge in [0.05, 0.1) is 10.4 Å². The van der Waals surface area contributed by atoms with Crippen molar-refractivity contribution in [1.29, 1.82) is 0 Å². The average Bonchev–Trinajstić information content (AvgIpc) is 3.52. The Bertz CT molecular complexity index is 2760. The molecule has 3 heterocycles. The molecule has 1 aliphatic carbocycles. The minimum Gasteiger partial charge on any atom is -0.311 e. The molecule has 0 saturated carbocycles.